The van der Waals surface area contributed by atoms with Gasteiger partial charge in [0.1, 0.15) is 0 Å². The van der Waals surface area contributed by atoms with Crippen molar-refractivity contribution in [3.63, 3.8) is 0 Å². The summed E-state index contributed by atoms with van der Waals surface area (Å²) in [5.74, 6) is 0. The van der Waals surface area contributed by atoms with E-state index in [1.54, 1.807) is 11.3 Å². The molecule has 3 aromatic heterocycles. The number of pyridine rings is 1. The van der Waals surface area contributed by atoms with Gasteiger partial charge in [-0.25, -0.2) is 0 Å². The summed E-state index contributed by atoms with van der Waals surface area (Å²) in [5.41, 5.74) is 6.49. The lowest BCUT2D eigenvalue weighted by Gasteiger charge is -2.36. The van der Waals surface area contributed by atoms with Crippen LogP contribution in [0.3, 0.4) is 0 Å². The van der Waals surface area contributed by atoms with E-state index in [1.165, 1.54) is 27.0 Å². The van der Waals surface area contributed by atoms with Crippen LogP contribution in [0.2, 0.25) is 4.34 Å². The van der Waals surface area contributed by atoms with Crippen LogP contribution < -0.4 is 0 Å². The Bertz CT molecular complexity index is 894. The summed E-state index contributed by atoms with van der Waals surface area (Å²) in [7, 11) is 2.22. The normalized spacial score (nSPS) is 21.4. The highest BCUT2D eigenvalue weighted by atomic mass is 35.5. The fourth-order valence-corrected chi connectivity index (χ4v) is 5.16. The minimum absolute atomic E-state index is 0.415. The fourth-order valence-electron chi connectivity index (χ4n) is 3.78. The van der Waals surface area contributed by atoms with Gasteiger partial charge in [-0.05, 0) is 45.5 Å². The Labute approximate surface area is 151 Å². The first kappa shape index (κ1) is 16.1. The van der Waals surface area contributed by atoms with Gasteiger partial charge in [-0.15, -0.1) is 11.3 Å². The van der Waals surface area contributed by atoms with Gasteiger partial charge in [0.25, 0.3) is 0 Å². The van der Waals surface area contributed by atoms with Gasteiger partial charge >= 0.3 is 0 Å². The van der Waals surface area contributed by atoms with Crippen LogP contribution in [-0.2, 0) is 13.0 Å². The number of rotatable bonds is 2. The predicted octanol–water partition coefficient (Wildman–Crippen LogP) is 5.05. The fraction of sp³-hybridized carbons (Fsp3) is 0.421. The standard InChI is InChI=1S/C19H22ClN3S/c1-11-5-6-14(9-21-11)10-23-15-7-12(2)22(4)13(3)18(15)19-16(23)8-17(20)24-19/h5-6,8-9,12-13H,7,10H2,1-4H3. The molecule has 0 radical (unpaired) electrons. The third kappa shape index (κ3) is 2.48. The number of likely N-dealkylation sites (N-methyl/N-ethyl adjacent to an activating group) is 1. The Kier molecular flexibility index (Phi) is 3.94. The number of thiophene rings is 1. The SMILES string of the molecule is Cc1ccc(Cn2c3c(c4sc(Cl)cc42)C(C)N(C)C(C)C3)cn1. The monoisotopic (exact) mass is 359 g/mol. The molecule has 2 unspecified atom stereocenters. The second-order valence-corrected chi connectivity index (χ2v) is 8.60. The summed E-state index contributed by atoms with van der Waals surface area (Å²) < 4.78 is 4.67. The maximum absolute atomic E-state index is 6.35. The molecule has 4 heterocycles. The zero-order valence-electron chi connectivity index (χ0n) is 14.5. The van der Waals surface area contributed by atoms with Gasteiger partial charge in [-0.3, -0.25) is 9.88 Å². The molecule has 0 N–H and O–H groups in total. The first-order valence-electron chi connectivity index (χ1n) is 8.39. The van der Waals surface area contributed by atoms with Crippen molar-refractivity contribution in [2.75, 3.05) is 7.05 Å². The molecule has 5 heteroatoms. The molecule has 1 aliphatic heterocycles. The maximum atomic E-state index is 6.35. The number of nitrogens with zero attached hydrogens (tertiary/aromatic N) is 3. The average Bonchev–Trinajstić information content (AvgIpc) is 3.04. The summed E-state index contributed by atoms with van der Waals surface area (Å²) in [6, 6.07) is 7.34. The van der Waals surface area contributed by atoms with Crippen molar-refractivity contribution in [1.29, 1.82) is 0 Å². The van der Waals surface area contributed by atoms with E-state index in [2.05, 4.69) is 53.5 Å². The van der Waals surface area contributed by atoms with Crippen molar-refractivity contribution >= 4 is 33.2 Å². The summed E-state index contributed by atoms with van der Waals surface area (Å²) in [4.78, 5) is 6.92. The Balaban J connectivity index is 1.88. The highest BCUT2D eigenvalue weighted by Gasteiger charge is 2.32. The first-order valence-corrected chi connectivity index (χ1v) is 9.59. The first-order chi connectivity index (χ1) is 11.5. The lowest BCUT2D eigenvalue weighted by Crippen LogP contribution is -2.38. The Hall–Kier alpha value is -1.36. The zero-order chi connectivity index (χ0) is 17.0. The molecule has 0 amide bonds. The molecule has 0 aliphatic carbocycles. The molecule has 126 valence electrons. The lowest BCUT2D eigenvalue weighted by molar-refractivity contribution is 0.178. The highest BCUT2D eigenvalue weighted by molar-refractivity contribution is 7.22. The molecule has 2 atom stereocenters. The van der Waals surface area contributed by atoms with E-state index in [1.807, 2.05) is 13.1 Å². The van der Waals surface area contributed by atoms with E-state index in [0.717, 1.165) is 23.0 Å². The van der Waals surface area contributed by atoms with Gasteiger partial charge in [0.05, 0.1) is 14.6 Å². The van der Waals surface area contributed by atoms with Crippen LogP contribution in [0, 0.1) is 6.92 Å². The molecular weight excluding hydrogens is 338 g/mol. The molecule has 0 bridgehead atoms. The largest absolute Gasteiger partial charge is 0.339 e. The van der Waals surface area contributed by atoms with E-state index >= 15 is 0 Å². The van der Waals surface area contributed by atoms with E-state index in [9.17, 15) is 0 Å². The quantitative estimate of drug-likeness (QED) is 0.638. The molecule has 24 heavy (non-hydrogen) atoms. The van der Waals surface area contributed by atoms with Crippen LogP contribution >= 0.6 is 22.9 Å². The predicted molar refractivity (Wildman–Crippen MR) is 102 cm³/mol. The molecule has 3 aromatic rings. The molecule has 3 nitrogen and oxygen atoms in total. The minimum Gasteiger partial charge on any atom is -0.339 e. The lowest BCUT2D eigenvalue weighted by atomic mass is 9.95. The van der Waals surface area contributed by atoms with Gasteiger partial charge in [0.15, 0.2) is 0 Å². The van der Waals surface area contributed by atoms with Gasteiger partial charge < -0.3 is 4.57 Å². The van der Waals surface area contributed by atoms with Gasteiger partial charge in [0.2, 0.25) is 0 Å². The molecular formula is C19H22ClN3S. The maximum Gasteiger partial charge on any atom is 0.0956 e. The van der Waals surface area contributed by atoms with Crippen LogP contribution in [0.1, 0.15) is 42.4 Å². The summed E-state index contributed by atoms with van der Waals surface area (Å²) in [6.07, 6.45) is 3.07. The molecule has 4 rings (SSSR count). The minimum atomic E-state index is 0.415. The molecule has 0 fully saturated rings. The van der Waals surface area contributed by atoms with Crippen molar-refractivity contribution < 1.29 is 0 Å². The second kappa shape index (κ2) is 5.87. The average molecular weight is 360 g/mol. The van der Waals surface area contributed by atoms with Crippen LogP contribution in [-0.4, -0.2) is 27.5 Å². The van der Waals surface area contributed by atoms with Crippen molar-refractivity contribution in [2.45, 2.75) is 45.8 Å². The Morgan fingerprint density at radius 1 is 1.33 bits per heavy atom. The number of hydrogen-bond donors (Lipinski definition) is 0. The number of fused-ring (bicyclic) bond motifs is 3. The topological polar surface area (TPSA) is 21.1 Å². The summed E-state index contributed by atoms with van der Waals surface area (Å²) >= 11 is 8.06. The Morgan fingerprint density at radius 2 is 2.12 bits per heavy atom. The van der Waals surface area contributed by atoms with E-state index in [0.29, 0.717) is 12.1 Å². The number of hydrogen-bond acceptors (Lipinski definition) is 3. The van der Waals surface area contributed by atoms with Crippen LogP contribution in [0.25, 0.3) is 10.2 Å². The van der Waals surface area contributed by atoms with Crippen molar-refractivity contribution in [3.05, 3.63) is 51.2 Å². The van der Waals surface area contributed by atoms with Crippen LogP contribution in [0.5, 0.6) is 0 Å². The third-order valence-corrected chi connectivity index (χ3v) is 6.67. The number of aromatic nitrogens is 2. The summed E-state index contributed by atoms with van der Waals surface area (Å²) in [6.45, 7) is 7.50. The molecule has 1 aliphatic rings. The number of aryl methyl sites for hydroxylation is 1. The molecule has 0 aromatic carbocycles. The van der Waals surface area contributed by atoms with E-state index < -0.39 is 0 Å². The van der Waals surface area contributed by atoms with Crippen molar-refractivity contribution in [3.8, 4) is 0 Å². The van der Waals surface area contributed by atoms with E-state index in [-0.39, 0.29) is 0 Å². The van der Waals surface area contributed by atoms with Crippen molar-refractivity contribution in [2.24, 2.45) is 0 Å². The highest BCUT2D eigenvalue weighted by Crippen LogP contribution is 2.43. The third-order valence-electron chi connectivity index (χ3n) is 5.38. The molecule has 0 saturated carbocycles. The molecule has 0 saturated heterocycles. The van der Waals surface area contributed by atoms with Crippen molar-refractivity contribution in [1.82, 2.24) is 14.5 Å². The van der Waals surface area contributed by atoms with Crippen LogP contribution in [0.15, 0.2) is 24.4 Å². The van der Waals surface area contributed by atoms with Gasteiger partial charge in [-0.2, -0.15) is 0 Å². The Morgan fingerprint density at radius 3 is 2.83 bits per heavy atom. The van der Waals surface area contributed by atoms with Gasteiger partial charge in [0, 0.05) is 48.2 Å². The zero-order valence-corrected chi connectivity index (χ0v) is 16.1. The second-order valence-electron chi connectivity index (χ2n) is 6.91. The summed E-state index contributed by atoms with van der Waals surface area (Å²) in [5, 5.41) is 0. The number of halogens is 1. The van der Waals surface area contributed by atoms with Crippen LogP contribution in [0.4, 0.5) is 0 Å². The molecule has 0 spiro atoms. The van der Waals surface area contributed by atoms with Gasteiger partial charge in [-0.1, -0.05) is 17.7 Å². The van der Waals surface area contributed by atoms with E-state index in [4.69, 9.17) is 11.6 Å². The smallest absolute Gasteiger partial charge is 0.0956 e.